The zero-order chi connectivity index (χ0) is 16.8. The monoisotopic (exact) mass is 331 g/mol. The summed E-state index contributed by atoms with van der Waals surface area (Å²) < 4.78 is 5.39. The number of aryl methyl sites for hydroxylation is 1. The Bertz CT molecular complexity index is 672. The van der Waals surface area contributed by atoms with Gasteiger partial charge in [-0.3, -0.25) is 4.79 Å². The lowest BCUT2D eigenvalue weighted by Gasteiger charge is -2.26. The van der Waals surface area contributed by atoms with Gasteiger partial charge in [-0.25, -0.2) is 0 Å². The average Bonchev–Trinajstić information content (AvgIpc) is 2.59. The fourth-order valence-electron chi connectivity index (χ4n) is 2.56. The molecule has 0 aliphatic rings. The Labute approximate surface area is 142 Å². The van der Waals surface area contributed by atoms with Gasteiger partial charge in [0.2, 0.25) is 5.91 Å². The van der Waals surface area contributed by atoms with Crippen LogP contribution in [-0.2, 0) is 11.2 Å². The van der Waals surface area contributed by atoms with Gasteiger partial charge in [0.05, 0.1) is 13.2 Å². The normalized spacial score (nSPS) is 11.8. The fourth-order valence-corrected chi connectivity index (χ4v) is 2.79. The number of carbonyl (C=O) groups excluding carboxylic acids is 1. The Kier molecular flexibility index (Phi) is 6.05. The third-order valence-electron chi connectivity index (χ3n) is 4.13. The average molecular weight is 332 g/mol. The lowest BCUT2D eigenvalue weighted by molar-refractivity contribution is -0.131. The molecule has 3 nitrogen and oxygen atoms in total. The Morgan fingerprint density at radius 1 is 1.17 bits per heavy atom. The molecule has 122 valence electrons. The Balaban J connectivity index is 2.03. The second kappa shape index (κ2) is 8.02. The SMILES string of the molecule is COc1ccccc1C(C)N(C)C(=O)CCc1ccccc1Cl. The zero-order valence-corrected chi connectivity index (χ0v) is 14.5. The Morgan fingerprint density at radius 2 is 1.83 bits per heavy atom. The second-order valence-electron chi connectivity index (χ2n) is 5.51. The third-order valence-corrected chi connectivity index (χ3v) is 4.50. The van der Waals surface area contributed by atoms with Crippen molar-refractivity contribution in [2.24, 2.45) is 0 Å². The molecule has 0 aliphatic carbocycles. The summed E-state index contributed by atoms with van der Waals surface area (Å²) in [6.45, 7) is 2.01. The first-order chi connectivity index (χ1) is 11.0. The van der Waals surface area contributed by atoms with Crippen molar-refractivity contribution in [3.05, 3.63) is 64.7 Å². The highest BCUT2D eigenvalue weighted by Crippen LogP contribution is 2.28. The molecule has 2 rings (SSSR count). The molecule has 0 aromatic heterocycles. The van der Waals surface area contributed by atoms with Crippen LogP contribution in [0.1, 0.15) is 30.5 Å². The predicted molar refractivity (Wildman–Crippen MR) is 94.0 cm³/mol. The van der Waals surface area contributed by atoms with Gasteiger partial charge in [0.1, 0.15) is 5.75 Å². The van der Waals surface area contributed by atoms with Crippen molar-refractivity contribution in [3.63, 3.8) is 0 Å². The van der Waals surface area contributed by atoms with Gasteiger partial charge in [-0.15, -0.1) is 0 Å². The van der Waals surface area contributed by atoms with Crippen LogP contribution in [0.4, 0.5) is 0 Å². The molecular weight excluding hydrogens is 310 g/mol. The second-order valence-corrected chi connectivity index (χ2v) is 5.92. The summed E-state index contributed by atoms with van der Waals surface area (Å²) in [5.74, 6) is 0.883. The first-order valence-corrected chi connectivity index (χ1v) is 8.04. The number of ether oxygens (including phenoxy) is 1. The molecule has 23 heavy (non-hydrogen) atoms. The maximum Gasteiger partial charge on any atom is 0.223 e. The van der Waals surface area contributed by atoms with Crippen molar-refractivity contribution in [2.75, 3.05) is 14.2 Å². The van der Waals surface area contributed by atoms with E-state index in [-0.39, 0.29) is 11.9 Å². The van der Waals surface area contributed by atoms with Crippen LogP contribution < -0.4 is 4.74 Å². The number of rotatable bonds is 6. The molecule has 0 spiro atoms. The minimum atomic E-state index is -0.0510. The number of para-hydroxylation sites is 1. The first-order valence-electron chi connectivity index (χ1n) is 7.66. The molecule has 0 heterocycles. The van der Waals surface area contributed by atoms with Gasteiger partial charge >= 0.3 is 0 Å². The molecule has 2 aromatic carbocycles. The van der Waals surface area contributed by atoms with Gasteiger partial charge in [0.25, 0.3) is 0 Å². The fraction of sp³-hybridized carbons (Fsp3) is 0.316. The van der Waals surface area contributed by atoms with E-state index in [0.717, 1.165) is 16.9 Å². The summed E-state index contributed by atoms with van der Waals surface area (Å²) in [6, 6.07) is 15.4. The summed E-state index contributed by atoms with van der Waals surface area (Å²) in [5.41, 5.74) is 2.00. The summed E-state index contributed by atoms with van der Waals surface area (Å²) in [5, 5.41) is 0.709. The number of hydrogen-bond donors (Lipinski definition) is 0. The van der Waals surface area contributed by atoms with Crippen molar-refractivity contribution in [1.29, 1.82) is 0 Å². The number of methoxy groups -OCH3 is 1. The van der Waals surface area contributed by atoms with Crippen molar-refractivity contribution in [2.45, 2.75) is 25.8 Å². The van der Waals surface area contributed by atoms with E-state index >= 15 is 0 Å². The maximum absolute atomic E-state index is 12.5. The molecular formula is C19H22ClNO2. The lowest BCUT2D eigenvalue weighted by Crippen LogP contribution is -2.30. The molecule has 0 radical (unpaired) electrons. The van der Waals surface area contributed by atoms with Gasteiger partial charge < -0.3 is 9.64 Å². The smallest absolute Gasteiger partial charge is 0.223 e. The van der Waals surface area contributed by atoms with Gasteiger partial charge in [0.15, 0.2) is 0 Å². The van der Waals surface area contributed by atoms with Crippen LogP contribution in [0.15, 0.2) is 48.5 Å². The minimum Gasteiger partial charge on any atom is -0.496 e. The van der Waals surface area contributed by atoms with Crippen molar-refractivity contribution in [1.82, 2.24) is 4.90 Å². The lowest BCUT2D eigenvalue weighted by atomic mass is 10.0. The highest BCUT2D eigenvalue weighted by atomic mass is 35.5. The van der Waals surface area contributed by atoms with Crippen LogP contribution in [0.25, 0.3) is 0 Å². The summed E-state index contributed by atoms with van der Waals surface area (Å²) in [4.78, 5) is 14.2. The largest absolute Gasteiger partial charge is 0.496 e. The maximum atomic E-state index is 12.5. The van der Waals surface area contributed by atoms with E-state index < -0.39 is 0 Å². The molecule has 0 aliphatic heterocycles. The molecule has 1 unspecified atom stereocenters. The van der Waals surface area contributed by atoms with Crippen LogP contribution in [0.5, 0.6) is 5.75 Å². The van der Waals surface area contributed by atoms with Crippen LogP contribution in [0.3, 0.4) is 0 Å². The van der Waals surface area contributed by atoms with Gasteiger partial charge in [-0.05, 0) is 31.0 Å². The highest BCUT2D eigenvalue weighted by molar-refractivity contribution is 6.31. The van der Waals surface area contributed by atoms with Crippen LogP contribution >= 0.6 is 11.6 Å². The number of amides is 1. The van der Waals surface area contributed by atoms with Crippen LogP contribution in [0.2, 0.25) is 5.02 Å². The first kappa shape index (κ1) is 17.4. The quantitative estimate of drug-likeness (QED) is 0.780. The minimum absolute atomic E-state index is 0.0510. The topological polar surface area (TPSA) is 29.5 Å². The number of hydrogen-bond acceptors (Lipinski definition) is 2. The molecule has 0 bridgehead atoms. The van der Waals surface area contributed by atoms with E-state index in [0.29, 0.717) is 17.9 Å². The molecule has 0 N–H and O–H groups in total. The van der Waals surface area contributed by atoms with E-state index in [9.17, 15) is 4.79 Å². The van der Waals surface area contributed by atoms with Crippen molar-refractivity contribution >= 4 is 17.5 Å². The van der Waals surface area contributed by atoms with E-state index in [1.165, 1.54) is 0 Å². The zero-order valence-electron chi connectivity index (χ0n) is 13.8. The highest BCUT2D eigenvalue weighted by Gasteiger charge is 2.20. The van der Waals surface area contributed by atoms with Crippen LogP contribution in [-0.4, -0.2) is 25.0 Å². The van der Waals surface area contributed by atoms with Crippen molar-refractivity contribution in [3.8, 4) is 5.75 Å². The number of carbonyl (C=O) groups is 1. The standard InChI is InChI=1S/C19H22ClNO2/c1-14(16-9-5-7-11-18(16)23-3)21(2)19(22)13-12-15-8-4-6-10-17(15)20/h4-11,14H,12-13H2,1-3H3. The van der Waals surface area contributed by atoms with E-state index in [1.807, 2.05) is 62.5 Å². The molecule has 0 fully saturated rings. The number of nitrogens with zero attached hydrogens (tertiary/aromatic N) is 1. The van der Waals surface area contributed by atoms with E-state index in [4.69, 9.17) is 16.3 Å². The van der Waals surface area contributed by atoms with Gasteiger partial charge in [0, 0.05) is 24.1 Å². The van der Waals surface area contributed by atoms with Gasteiger partial charge in [-0.2, -0.15) is 0 Å². The number of benzene rings is 2. The molecule has 0 saturated heterocycles. The van der Waals surface area contributed by atoms with Crippen LogP contribution in [0, 0.1) is 0 Å². The molecule has 4 heteroatoms. The molecule has 1 amide bonds. The predicted octanol–water partition coefficient (Wildman–Crippen LogP) is 4.50. The summed E-state index contributed by atoms with van der Waals surface area (Å²) in [7, 11) is 3.47. The Morgan fingerprint density at radius 3 is 2.52 bits per heavy atom. The summed E-state index contributed by atoms with van der Waals surface area (Å²) >= 11 is 6.14. The molecule has 0 saturated carbocycles. The van der Waals surface area contributed by atoms with Crippen molar-refractivity contribution < 1.29 is 9.53 Å². The third kappa shape index (κ3) is 4.26. The van der Waals surface area contributed by atoms with E-state index in [1.54, 1.807) is 12.0 Å². The summed E-state index contributed by atoms with van der Waals surface area (Å²) in [6.07, 6.45) is 1.07. The molecule has 1 atom stereocenters. The Hall–Kier alpha value is -2.00. The van der Waals surface area contributed by atoms with Gasteiger partial charge in [-0.1, -0.05) is 48.0 Å². The number of halogens is 1. The molecule has 2 aromatic rings. The van der Waals surface area contributed by atoms with E-state index in [2.05, 4.69) is 0 Å².